The summed E-state index contributed by atoms with van der Waals surface area (Å²) in [4.78, 5) is 27.7. The Balaban J connectivity index is 1.44. The summed E-state index contributed by atoms with van der Waals surface area (Å²) in [6.45, 7) is 6.38. The zero-order valence-electron chi connectivity index (χ0n) is 22.6. The number of halogens is 2. The molecule has 2 aliphatic heterocycles. The number of benzene rings is 2. The Morgan fingerprint density at radius 3 is 2.59 bits per heavy atom. The van der Waals surface area contributed by atoms with Crippen LogP contribution in [-0.2, 0) is 4.79 Å². The highest BCUT2D eigenvalue weighted by molar-refractivity contribution is 6.10. The third kappa shape index (κ3) is 7.61. The second-order valence-electron chi connectivity index (χ2n) is 11.1. The van der Waals surface area contributed by atoms with Gasteiger partial charge in [-0.2, -0.15) is 5.26 Å². The largest absolute Gasteiger partial charge is 0.493 e. The lowest BCUT2D eigenvalue weighted by Crippen LogP contribution is -2.48. The van der Waals surface area contributed by atoms with Gasteiger partial charge in [-0.15, -0.1) is 0 Å². The highest BCUT2D eigenvalue weighted by atomic mass is 19.1. The predicted octanol–water partition coefficient (Wildman–Crippen LogP) is 4.60. The molecule has 2 heterocycles. The number of imide groups is 1. The summed E-state index contributed by atoms with van der Waals surface area (Å²) in [6.07, 6.45) is 4.25. The van der Waals surface area contributed by atoms with E-state index in [0.717, 1.165) is 44.8 Å². The van der Waals surface area contributed by atoms with Crippen LogP contribution in [0.1, 0.15) is 61.9 Å². The molecule has 0 radical (unpaired) electrons. The van der Waals surface area contributed by atoms with E-state index < -0.39 is 29.3 Å². The van der Waals surface area contributed by atoms with Crippen molar-refractivity contribution in [3.8, 4) is 22.9 Å². The van der Waals surface area contributed by atoms with Crippen molar-refractivity contribution >= 4 is 11.8 Å². The molecule has 2 amide bonds. The molecule has 4 rings (SSSR count). The first-order chi connectivity index (χ1) is 18.6. The quantitative estimate of drug-likeness (QED) is 0.477. The summed E-state index contributed by atoms with van der Waals surface area (Å²) in [5.41, 5.74) is -0.672. The van der Waals surface area contributed by atoms with E-state index in [-0.39, 0.29) is 16.7 Å². The number of likely N-dealkylation sites (tertiary alicyclic amines) is 1. The fourth-order valence-electron chi connectivity index (χ4n) is 5.31. The topological polar surface area (TPSA) is 94.5 Å². The molecule has 208 valence electrons. The number of nitrogens with zero attached hydrogens (tertiary/aromatic N) is 2. The molecule has 2 fully saturated rings. The lowest BCUT2D eigenvalue weighted by atomic mass is 9.94. The molecular weight excluding hydrogens is 502 g/mol. The van der Waals surface area contributed by atoms with Crippen molar-refractivity contribution in [2.45, 2.75) is 57.7 Å². The van der Waals surface area contributed by atoms with Crippen molar-refractivity contribution in [1.29, 1.82) is 5.26 Å². The summed E-state index contributed by atoms with van der Waals surface area (Å²) in [5.74, 6) is -1.28. The molecule has 2 N–H and O–H groups in total. The Kier molecular flexibility index (Phi) is 9.31. The van der Waals surface area contributed by atoms with Gasteiger partial charge in [0.05, 0.1) is 29.8 Å². The maximum atomic E-state index is 14.9. The third-order valence-electron chi connectivity index (χ3n) is 7.30. The van der Waals surface area contributed by atoms with Gasteiger partial charge in [-0.05, 0) is 94.9 Å². The van der Waals surface area contributed by atoms with Crippen LogP contribution in [0.3, 0.4) is 0 Å². The highest BCUT2D eigenvalue weighted by Gasteiger charge is 2.27. The molecular formula is C30H36F2N4O3. The van der Waals surface area contributed by atoms with Crippen LogP contribution >= 0.6 is 0 Å². The van der Waals surface area contributed by atoms with Gasteiger partial charge >= 0.3 is 0 Å². The molecule has 2 aliphatic rings. The van der Waals surface area contributed by atoms with Crippen LogP contribution in [0.2, 0.25) is 0 Å². The van der Waals surface area contributed by atoms with E-state index in [2.05, 4.69) is 21.6 Å². The minimum absolute atomic E-state index is 0.225. The van der Waals surface area contributed by atoms with Crippen LogP contribution in [-0.4, -0.2) is 61.2 Å². The van der Waals surface area contributed by atoms with E-state index in [1.807, 2.05) is 0 Å². The molecule has 2 aromatic carbocycles. The van der Waals surface area contributed by atoms with E-state index >= 15 is 0 Å². The van der Waals surface area contributed by atoms with Crippen LogP contribution in [0, 0.1) is 23.1 Å². The number of ether oxygens (including phenoxy) is 1. The summed E-state index contributed by atoms with van der Waals surface area (Å²) in [5, 5.41) is 15.3. The lowest BCUT2D eigenvalue weighted by Gasteiger charge is -2.34. The standard InChI is InChI=1S/C30H36F2N4O3/c1-30(2,32)19-36-14-11-20(12-15-36)18-39-22-9-10-23(21(16-22)17-33)24-6-5-7-25(31)27(24)29(38)35-28(37)26-8-3-4-13-34-26/h5-7,9-10,16,20,26,34H,3-4,8,11-15,18-19H2,1-2H3,(H,35,37,38)/t26-/m1/s1. The summed E-state index contributed by atoms with van der Waals surface area (Å²) >= 11 is 0. The van der Waals surface area contributed by atoms with Crippen molar-refractivity contribution in [3.63, 3.8) is 0 Å². The Bertz CT molecular complexity index is 1220. The Morgan fingerprint density at radius 2 is 1.92 bits per heavy atom. The lowest BCUT2D eigenvalue weighted by molar-refractivity contribution is -0.122. The highest BCUT2D eigenvalue weighted by Crippen LogP contribution is 2.32. The van der Waals surface area contributed by atoms with Crippen LogP contribution in [0.5, 0.6) is 5.75 Å². The number of amides is 2. The van der Waals surface area contributed by atoms with Gasteiger partial charge in [0.1, 0.15) is 17.2 Å². The molecule has 7 nitrogen and oxygen atoms in total. The zero-order chi connectivity index (χ0) is 28.0. The molecule has 0 aliphatic carbocycles. The van der Waals surface area contributed by atoms with Gasteiger partial charge in [0.25, 0.3) is 5.91 Å². The van der Waals surface area contributed by atoms with Gasteiger partial charge in [0.2, 0.25) is 5.91 Å². The number of hydrogen-bond acceptors (Lipinski definition) is 6. The molecule has 1 atom stereocenters. The van der Waals surface area contributed by atoms with Gasteiger partial charge in [-0.1, -0.05) is 18.6 Å². The first-order valence-corrected chi connectivity index (χ1v) is 13.6. The second kappa shape index (κ2) is 12.7. The molecule has 0 unspecified atom stereocenters. The maximum Gasteiger partial charge on any atom is 0.261 e. The van der Waals surface area contributed by atoms with Crippen molar-refractivity contribution in [3.05, 3.63) is 53.3 Å². The van der Waals surface area contributed by atoms with E-state index in [1.165, 1.54) is 6.07 Å². The fourth-order valence-corrected chi connectivity index (χ4v) is 5.31. The van der Waals surface area contributed by atoms with E-state index in [9.17, 15) is 23.6 Å². The Labute approximate surface area is 228 Å². The minimum Gasteiger partial charge on any atom is -0.493 e. The van der Waals surface area contributed by atoms with Crippen molar-refractivity contribution in [2.24, 2.45) is 5.92 Å². The summed E-state index contributed by atoms with van der Waals surface area (Å²) in [6, 6.07) is 10.7. The normalized spacial score (nSPS) is 18.8. The number of piperidine rings is 2. The average Bonchev–Trinajstić information content (AvgIpc) is 2.92. The number of carbonyl (C=O) groups excluding carboxylic acids is 2. The zero-order valence-corrected chi connectivity index (χ0v) is 22.6. The smallest absolute Gasteiger partial charge is 0.261 e. The van der Waals surface area contributed by atoms with Crippen molar-refractivity contribution in [2.75, 3.05) is 32.8 Å². The van der Waals surface area contributed by atoms with E-state index in [1.54, 1.807) is 38.1 Å². The van der Waals surface area contributed by atoms with Crippen molar-refractivity contribution in [1.82, 2.24) is 15.5 Å². The Morgan fingerprint density at radius 1 is 1.15 bits per heavy atom. The first-order valence-electron chi connectivity index (χ1n) is 13.6. The molecule has 0 saturated carbocycles. The van der Waals surface area contributed by atoms with Crippen LogP contribution in [0.25, 0.3) is 11.1 Å². The molecule has 0 bridgehead atoms. The molecule has 2 aromatic rings. The molecule has 2 saturated heterocycles. The summed E-state index contributed by atoms with van der Waals surface area (Å²) in [7, 11) is 0. The molecule has 0 spiro atoms. The predicted molar refractivity (Wildman–Crippen MR) is 145 cm³/mol. The second-order valence-corrected chi connectivity index (χ2v) is 11.1. The fraction of sp³-hybridized carbons (Fsp3) is 0.500. The minimum atomic E-state index is -1.22. The van der Waals surface area contributed by atoms with Gasteiger partial charge in [-0.25, -0.2) is 8.78 Å². The van der Waals surface area contributed by atoms with Gasteiger partial charge in [0.15, 0.2) is 0 Å². The number of hydrogen-bond donors (Lipinski definition) is 2. The molecule has 0 aromatic heterocycles. The van der Waals surface area contributed by atoms with Crippen molar-refractivity contribution < 1.29 is 23.1 Å². The number of nitrogens with one attached hydrogen (secondary N) is 2. The van der Waals surface area contributed by atoms with E-state index in [0.29, 0.717) is 43.3 Å². The van der Waals surface area contributed by atoms with Crippen LogP contribution < -0.4 is 15.4 Å². The average molecular weight is 539 g/mol. The SMILES string of the molecule is CC(C)(F)CN1CCC(COc2ccc(-c3cccc(F)c3C(=O)NC(=O)[C@H]3CCCCN3)c(C#N)c2)CC1. The number of rotatable bonds is 8. The summed E-state index contributed by atoms with van der Waals surface area (Å²) < 4.78 is 34.8. The first kappa shape index (κ1) is 28.7. The Hall–Kier alpha value is -3.35. The van der Waals surface area contributed by atoms with Crippen LogP contribution in [0.4, 0.5) is 8.78 Å². The number of nitriles is 1. The van der Waals surface area contributed by atoms with E-state index in [4.69, 9.17) is 4.74 Å². The number of alkyl halides is 1. The molecule has 9 heteroatoms. The van der Waals surface area contributed by atoms with Gasteiger partial charge < -0.3 is 15.0 Å². The van der Waals surface area contributed by atoms with Crippen LogP contribution in [0.15, 0.2) is 36.4 Å². The third-order valence-corrected chi connectivity index (χ3v) is 7.30. The number of carbonyl (C=O) groups is 2. The monoisotopic (exact) mass is 538 g/mol. The molecule has 39 heavy (non-hydrogen) atoms. The maximum absolute atomic E-state index is 14.9. The van der Waals surface area contributed by atoms with Gasteiger partial charge in [0, 0.05) is 12.1 Å². The van der Waals surface area contributed by atoms with Gasteiger partial charge in [-0.3, -0.25) is 14.9 Å².